The Hall–Kier alpha value is -1.10. The van der Waals surface area contributed by atoms with E-state index < -0.39 is 0 Å². The van der Waals surface area contributed by atoms with Gasteiger partial charge < -0.3 is 16.0 Å². The largest absolute Gasteiger partial charge is 0.355 e. The van der Waals surface area contributed by atoms with Crippen molar-refractivity contribution in [3.8, 4) is 0 Å². The fourth-order valence-corrected chi connectivity index (χ4v) is 1.39. The quantitative estimate of drug-likeness (QED) is 0.683. The number of nitrogens with zero attached hydrogens (tertiary/aromatic N) is 1. The first-order valence-corrected chi connectivity index (χ1v) is 6.13. The number of likely N-dealkylation sites (N-methyl/N-ethyl adjacent to an activating group) is 2. The third kappa shape index (κ3) is 7.74. The average Bonchev–Trinajstić information content (AvgIpc) is 2.22. The molecule has 0 saturated carbocycles. The maximum atomic E-state index is 11.9. The highest BCUT2D eigenvalue weighted by atomic mass is 16.2. The molecule has 0 aromatic carbocycles. The van der Waals surface area contributed by atoms with Crippen LogP contribution in [0, 0.1) is 0 Å². The van der Waals surface area contributed by atoms with Crippen LogP contribution in [-0.4, -0.2) is 41.9 Å². The lowest BCUT2D eigenvalue weighted by Gasteiger charge is -2.23. The van der Waals surface area contributed by atoms with E-state index in [2.05, 4.69) is 5.32 Å². The molecule has 17 heavy (non-hydrogen) atoms. The minimum absolute atomic E-state index is 0.0164. The predicted molar refractivity (Wildman–Crippen MR) is 68.4 cm³/mol. The van der Waals surface area contributed by atoms with E-state index in [1.54, 1.807) is 4.90 Å². The van der Waals surface area contributed by atoms with Crippen molar-refractivity contribution in [2.75, 3.05) is 19.6 Å². The third-order valence-corrected chi connectivity index (χ3v) is 2.43. The number of nitrogens with one attached hydrogen (secondary N) is 1. The molecule has 0 fully saturated rings. The lowest BCUT2D eigenvalue weighted by Crippen LogP contribution is -2.41. The monoisotopic (exact) mass is 243 g/mol. The van der Waals surface area contributed by atoms with Crippen LogP contribution in [0.2, 0.25) is 0 Å². The SMILES string of the molecule is CCNC(=O)CN(CC)C(=O)CCC(C)(C)N. The van der Waals surface area contributed by atoms with Gasteiger partial charge in [-0.1, -0.05) is 0 Å². The summed E-state index contributed by atoms with van der Waals surface area (Å²) in [6, 6.07) is 0. The highest BCUT2D eigenvalue weighted by Crippen LogP contribution is 2.08. The van der Waals surface area contributed by atoms with E-state index in [0.717, 1.165) is 0 Å². The fraction of sp³-hybridized carbons (Fsp3) is 0.833. The van der Waals surface area contributed by atoms with Gasteiger partial charge in [0.25, 0.3) is 0 Å². The zero-order chi connectivity index (χ0) is 13.5. The van der Waals surface area contributed by atoms with E-state index in [9.17, 15) is 9.59 Å². The standard InChI is InChI=1S/C12H25N3O2/c1-5-14-10(16)9-15(6-2)11(17)7-8-12(3,4)13/h5-9,13H2,1-4H3,(H,14,16). The van der Waals surface area contributed by atoms with E-state index in [1.165, 1.54) is 0 Å². The zero-order valence-electron chi connectivity index (χ0n) is 11.4. The second kappa shape index (κ2) is 7.27. The summed E-state index contributed by atoms with van der Waals surface area (Å²) in [5.41, 5.74) is 5.48. The van der Waals surface area contributed by atoms with Gasteiger partial charge in [0.05, 0.1) is 6.54 Å². The molecule has 0 aliphatic heterocycles. The van der Waals surface area contributed by atoms with Crippen molar-refractivity contribution in [2.24, 2.45) is 5.73 Å². The molecule has 0 aromatic heterocycles. The van der Waals surface area contributed by atoms with Gasteiger partial charge in [-0.15, -0.1) is 0 Å². The van der Waals surface area contributed by atoms with Gasteiger partial charge in [-0.05, 0) is 34.1 Å². The number of hydrogen-bond acceptors (Lipinski definition) is 3. The Morgan fingerprint density at radius 1 is 1.29 bits per heavy atom. The van der Waals surface area contributed by atoms with Crippen molar-refractivity contribution < 1.29 is 9.59 Å². The first-order chi connectivity index (χ1) is 7.80. The molecule has 0 heterocycles. The molecule has 0 radical (unpaired) electrons. The molecule has 0 aromatic rings. The maximum Gasteiger partial charge on any atom is 0.239 e. The van der Waals surface area contributed by atoms with E-state index >= 15 is 0 Å². The number of hydrogen-bond donors (Lipinski definition) is 2. The molecule has 100 valence electrons. The fourth-order valence-electron chi connectivity index (χ4n) is 1.39. The van der Waals surface area contributed by atoms with Gasteiger partial charge in [-0.25, -0.2) is 0 Å². The average molecular weight is 243 g/mol. The number of nitrogens with two attached hydrogens (primary N) is 1. The van der Waals surface area contributed by atoms with Crippen molar-refractivity contribution in [2.45, 2.75) is 46.1 Å². The first kappa shape index (κ1) is 15.9. The van der Waals surface area contributed by atoms with E-state index in [0.29, 0.717) is 25.9 Å². The number of carbonyl (C=O) groups is 2. The molecule has 0 unspecified atom stereocenters. The summed E-state index contributed by atoms with van der Waals surface area (Å²) in [5, 5.41) is 2.68. The summed E-state index contributed by atoms with van der Waals surface area (Å²) in [4.78, 5) is 24.8. The molecule has 0 aliphatic carbocycles. The predicted octanol–water partition coefficient (Wildman–Crippen LogP) is 0.489. The van der Waals surface area contributed by atoms with Crippen molar-refractivity contribution >= 4 is 11.8 Å². The van der Waals surface area contributed by atoms with Crippen molar-refractivity contribution in [3.05, 3.63) is 0 Å². The Morgan fingerprint density at radius 3 is 2.29 bits per heavy atom. The van der Waals surface area contributed by atoms with Crippen molar-refractivity contribution in [1.29, 1.82) is 0 Å². The Labute approximate surface area is 104 Å². The smallest absolute Gasteiger partial charge is 0.239 e. The molecule has 0 aliphatic rings. The van der Waals surface area contributed by atoms with Crippen molar-refractivity contribution in [1.82, 2.24) is 10.2 Å². The normalized spacial score (nSPS) is 11.1. The molecule has 0 atom stereocenters. The van der Waals surface area contributed by atoms with Crippen LogP contribution >= 0.6 is 0 Å². The van der Waals surface area contributed by atoms with Crippen LogP contribution in [0.1, 0.15) is 40.5 Å². The molecular formula is C12H25N3O2. The topological polar surface area (TPSA) is 75.4 Å². The molecule has 0 bridgehead atoms. The van der Waals surface area contributed by atoms with Gasteiger partial charge in [-0.2, -0.15) is 0 Å². The number of amides is 2. The molecule has 0 rings (SSSR count). The molecular weight excluding hydrogens is 218 g/mol. The zero-order valence-corrected chi connectivity index (χ0v) is 11.4. The van der Waals surface area contributed by atoms with E-state index in [1.807, 2.05) is 27.7 Å². The molecule has 5 nitrogen and oxygen atoms in total. The summed E-state index contributed by atoms with van der Waals surface area (Å²) in [5.74, 6) is -0.132. The molecule has 0 spiro atoms. The highest BCUT2D eigenvalue weighted by molar-refractivity contribution is 5.84. The van der Waals surface area contributed by atoms with Crippen LogP contribution in [0.4, 0.5) is 0 Å². The molecule has 2 amide bonds. The van der Waals surface area contributed by atoms with Crippen LogP contribution in [0.5, 0.6) is 0 Å². The number of carbonyl (C=O) groups excluding carboxylic acids is 2. The van der Waals surface area contributed by atoms with Crippen LogP contribution in [0.15, 0.2) is 0 Å². The summed E-state index contributed by atoms with van der Waals surface area (Å²) >= 11 is 0. The summed E-state index contributed by atoms with van der Waals surface area (Å²) < 4.78 is 0. The van der Waals surface area contributed by atoms with Gasteiger partial charge in [-0.3, -0.25) is 9.59 Å². The Kier molecular flexibility index (Phi) is 6.80. The Balaban J connectivity index is 4.17. The lowest BCUT2D eigenvalue weighted by molar-refractivity contribution is -0.136. The summed E-state index contributed by atoms with van der Waals surface area (Å²) in [7, 11) is 0. The van der Waals surface area contributed by atoms with Crippen LogP contribution < -0.4 is 11.1 Å². The minimum Gasteiger partial charge on any atom is -0.355 e. The van der Waals surface area contributed by atoms with Gasteiger partial charge in [0.2, 0.25) is 11.8 Å². The summed E-state index contributed by atoms with van der Waals surface area (Å²) in [6.07, 6.45) is 1.01. The van der Waals surface area contributed by atoms with Crippen LogP contribution in [0.25, 0.3) is 0 Å². The Bertz CT molecular complexity index is 259. The van der Waals surface area contributed by atoms with Gasteiger partial charge >= 0.3 is 0 Å². The molecule has 5 heteroatoms. The number of rotatable bonds is 7. The van der Waals surface area contributed by atoms with Gasteiger partial charge in [0, 0.05) is 25.0 Å². The molecule has 3 N–H and O–H groups in total. The lowest BCUT2D eigenvalue weighted by atomic mass is 10.00. The third-order valence-electron chi connectivity index (χ3n) is 2.43. The van der Waals surface area contributed by atoms with Crippen LogP contribution in [0.3, 0.4) is 0 Å². The minimum atomic E-state index is -0.346. The second-order valence-electron chi connectivity index (χ2n) is 4.85. The van der Waals surface area contributed by atoms with E-state index in [4.69, 9.17) is 5.73 Å². The van der Waals surface area contributed by atoms with Gasteiger partial charge in [0.1, 0.15) is 0 Å². The highest BCUT2D eigenvalue weighted by Gasteiger charge is 2.18. The Morgan fingerprint density at radius 2 is 1.88 bits per heavy atom. The molecule has 0 saturated heterocycles. The summed E-state index contributed by atoms with van der Waals surface area (Å²) in [6.45, 7) is 8.76. The van der Waals surface area contributed by atoms with Gasteiger partial charge in [0.15, 0.2) is 0 Å². The van der Waals surface area contributed by atoms with E-state index in [-0.39, 0.29) is 23.9 Å². The van der Waals surface area contributed by atoms with Crippen molar-refractivity contribution in [3.63, 3.8) is 0 Å². The van der Waals surface area contributed by atoms with Crippen LogP contribution in [-0.2, 0) is 9.59 Å². The second-order valence-corrected chi connectivity index (χ2v) is 4.85. The first-order valence-electron chi connectivity index (χ1n) is 6.13. The maximum absolute atomic E-state index is 11.9.